The van der Waals surface area contributed by atoms with Crippen molar-refractivity contribution in [1.82, 2.24) is 19.9 Å². The van der Waals surface area contributed by atoms with Crippen molar-refractivity contribution in [3.8, 4) is 0 Å². The quantitative estimate of drug-likeness (QED) is 0.623. The molecule has 1 aliphatic rings. The predicted molar refractivity (Wildman–Crippen MR) is 103 cm³/mol. The minimum atomic E-state index is -0.384. The van der Waals surface area contributed by atoms with Crippen LogP contribution in [-0.4, -0.2) is 44.9 Å². The van der Waals surface area contributed by atoms with Crippen LogP contribution in [-0.2, 0) is 16.3 Å². The third-order valence-corrected chi connectivity index (χ3v) is 5.66. The van der Waals surface area contributed by atoms with Gasteiger partial charge in [0.2, 0.25) is 0 Å². The van der Waals surface area contributed by atoms with Crippen LogP contribution in [0.25, 0.3) is 10.9 Å². The molecule has 0 N–H and O–H groups in total. The first-order valence-electron chi connectivity index (χ1n) is 8.95. The van der Waals surface area contributed by atoms with Gasteiger partial charge in [0.15, 0.2) is 6.73 Å². The highest BCUT2D eigenvalue weighted by Gasteiger charge is 2.29. The summed E-state index contributed by atoms with van der Waals surface area (Å²) in [6.07, 6.45) is 1.07. The van der Waals surface area contributed by atoms with Crippen LogP contribution >= 0.6 is 11.3 Å². The summed E-state index contributed by atoms with van der Waals surface area (Å²) in [7, 11) is 0. The van der Waals surface area contributed by atoms with Crippen LogP contribution in [0, 0.1) is 5.92 Å². The first-order valence-corrected chi connectivity index (χ1v) is 9.83. The molecule has 1 aromatic carbocycles. The van der Waals surface area contributed by atoms with Crippen molar-refractivity contribution in [1.29, 1.82) is 0 Å². The van der Waals surface area contributed by atoms with Gasteiger partial charge in [-0.3, -0.25) is 14.4 Å². The van der Waals surface area contributed by atoms with E-state index >= 15 is 0 Å². The van der Waals surface area contributed by atoms with Gasteiger partial charge in [0.1, 0.15) is 5.52 Å². The average molecular weight is 398 g/mol. The lowest BCUT2D eigenvalue weighted by atomic mass is 9.97. The number of carbonyl (C=O) groups excluding carboxylic acids is 2. The van der Waals surface area contributed by atoms with E-state index in [4.69, 9.17) is 4.74 Å². The molecule has 1 aliphatic heterocycles. The first kappa shape index (κ1) is 18.3. The van der Waals surface area contributed by atoms with Gasteiger partial charge in [-0.15, -0.1) is 16.4 Å². The number of amides is 1. The van der Waals surface area contributed by atoms with Crippen LogP contribution < -0.4 is 5.56 Å². The largest absolute Gasteiger partial charge is 0.442 e. The van der Waals surface area contributed by atoms with E-state index in [9.17, 15) is 14.4 Å². The molecule has 144 valence electrons. The number of nitrogens with zero attached hydrogens (tertiary/aromatic N) is 4. The van der Waals surface area contributed by atoms with Crippen molar-refractivity contribution in [2.24, 2.45) is 5.92 Å². The number of hydrogen-bond donors (Lipinski definition) is 0. The third kappa shape index (κ3) is 3.65. The van der Waals surface area contributed by atoms with Crippen LogP contribution in [0.5, 0.6) is 0 Å². The maximum Gasteiger partial charge on any atom is 0.310 e. The molecular formula is C19H18N4O4S. The maximum absolute atomic E-state index is 12.4. The number of rotatable bonds is 4. The van der Waals surface area contributed by atoms with Crippen LogP contribution in [0.4, 0.5) is 0 Å². The SMILES string of the molecule is O=C(OCn1nnc2ccccc2c1=O)C1CCN(C(=O)c2cccs2)CC1. The average Bonchev–Trinajstić information content (AvgIpc) is 3.28. The number of esters is 1. The van der Waals surface area contributed by atoms with Crippen LogP contribution in [0.2, 0.25) is 0 Å². The van der Waals surface area contributed by atoms with E-state index in [1.807, 2.05) is 11.4 Å². The van der Waals surface area contributed by atoms with Gasteiger partial charge in [-0.2, -0.15) is 4.68 Å². The molecule has 0 unspecified atom stereocenters. The Labute approximate surface area is 164 Å². The molecule has 0 bridgehead atoms. The molecule has 0 radical (unpaired) electrons. The molecule has 3 aromatic rings. The van der Waals surface area contributed by atoms with E-state index in [0.29, 0.717) is 41.7 Å². The lowest BCUT2D eigenvalue weighted by Gasteiger charge is -2.30. The topological polar surface area (TPSA) is 94.4 Å². The summed E-state index contributed by atoms with van der Waals surface area (Å²) in [4.78, 5) is 39.6. The fourth-order valence-corrected chi connectivity index (χ4v) is 3.92. The first-order chi connectivity index (χ1) is 13.6. The summed E-state index contributed by atoms with van der Waals surface area (Å²) in [5, 5.41) is 10.1. The second-order valence-corrected chi connectivity index (χ2v) is 7.50. The summed E-state index contributed by atoms with van der Waals surface area (Å²) in [6.45, 7) is 0.738. The minimum Gasteiger partial charge on any atom is -0.442 e. The van der Waals surface area contributed by atoms with Crippen molar-refractivity contribution in [3.63, 3.8) is 0 Å². The van der Waals surface area contributed by atoms with Crippen molar-refractivity contribution >= 4 is 34.1 Å². The Morgan fingerprint density at radius 3 is 2.68 bits per heavy atom. The Balaban J connectivity index is 1.33. The highest BCUT2D eigenvalue weighted by molar-refractivity contribution is 7.12. The summed E-state index contributed by atoms with van der Waals surface area (Å²) in [6, 6.07) is 10.5. The fourth-order valence-electron chi connectivity index (χ4n) is 3.22. The highest BCUT2D eigenvalue weighted by atomic mass is 32.1. The molecule has 0 spiro atoms. The molecule has 1 fully saturated rings. The van der Waals surface area contributed by atoms with E-state index in [0.717, 1.165) is 4.68 Å². The van der Waals surface area contributed by atoms with Crippen LogP contribution in [0.3, 0.4) is 0 Å². The van der Waals surface area contributed by atoms with Crippen molar-refractivity contribution in [3.05, 3.63) is 57.0 Å². The number of benzene rings is 1. The second-order valence-electron chi connectivity index (χ2n) is 6.55. The number of piperidine rings is 1. The fraction of sp³-hybridized carbons (Fsp3) is 0.316. The Bertz CT molecular complexity index is 1060. The monoisotopic (exact) mass is 398 g/mol. The summed E-state index contributed by atoms with van der Waals surface area (Å²) in [5.74, 6) is -0.679. The van der Waals surface area contributed by atoms with Gasteiger partial charge in [0.05, 0.1) is 16.2 Å². The standard InChI is InChI=1S/C19H18N4O4S/c24-17-14-4-1-2-5-15(14)20-21-23(17)12-27-19(26)13-7-9-22(10-8-13)18(25)16-6-3-11-28-16/h1-6,11,13H,7-10,12H2. The molecule has 2 aromatic heterocycles. The number of thiophene rings is 1. The maximum atomic E-state index is 12.4. The van der Waals surface area contributed by atoms with E-state index in [-0.39, 0.29) is 30.1 Å². The zero-order chi connectivity index (χ0) is 19.5. The zero-order valence-electron chi connectivity index (χ0n) is 15.0. The molecule has 9 heteroatoms. The third-order valence-electron chi connectivity index (χ3n) is 4.81. The predicted octanol–water partition coefficient (Wildman–Crippen LogP) is 1.91. The Morgan fingerprint density at radius 2 is 1.93 bits per heavy atom. The van der Waals surface area contributed by atoms with Gasteiger partial charge in [-0.1, -0.05) is 23.4 Å². The van der Waals surface area contributed by atoms with Gasteiger partial charge < -0.3 is 9.64 Å². The van der Waals surface area contributed by atoms with Gasteiger partial charge >= 0.3 is 5.97 Å². The molecule has 4 rings (SSSR count). The molecule has 3 heterocycles. The van der Waals surface area contributed by atoms with Gasteiger partial charge in [-0.25, -0.2) is 0 Å². The van der Waals surface area contributed by atoms with Crippen molar-refractivity contribution in [2.75, 3.05) is 13.1 Å². The summed E-state index contributed by atoms with van der Waals surface area (Å²) < 4.78 is 6.32. The number of fused-ring (bicyclic) bond motifs is 1. The lowest BCUT2D eigenvalue weighted by molar-refractivity contribution is -0.154. The van der Waals surface area contributed by atoms with Gasteiger partial charge in [0.25, 0.3) is 11.5 Å². The number of carbonyl (C=O) groups is 2. The zero-order valence-corrected chi connectivity index (χ0v) is 15.8. The number of ether oxygens (including phenoxy) is 1. The second kappa shape index (κ2) is 7.89. The van der Waals surface area contributed by atoms with E-state index < -0.39 is 0 Å². The van der Waals surface area contributed by atoms with Gasteiger partial charge in [0, 0.05) is 13.1 Å². The summed E-state index contributed by atoms with van der Waals surface area (Å²) >= 11 is 1.41. The Kier molecular flexibility index (Phi) is 5.16. The Morgan fingerprint density at radius 1 is 1.14 bits per heavy atom. The minimum absolute atomic E-state index is 0.000178. The number of likely N-dealkylation sites (tertiary alicyclic amines) is 1. The number of hydrogen-bond acceptors (Lipinski definition) is 7. The highest BCUT2D eigenvalue weighted by Crippen LogP contribution is 2.21. The molecule has 8 nitrogen and oxygen atoms in total. The lowest BCUT2D eigenvalue weighted by Crippen LogP contribution is -2.40. The van der Waals surface area contributed by atoms with Crippen LogP contribution in [0.15, 0.2) is 46.6 Å². The number of aromatic nitrogens is 3. The molecular weight excluding hydrogens is 380 g/mol. The van der Waals surface area contributed by atoms with Crippen molar-refractivity contribution < 1.29 is 14.3 Å². The summed E-state index contributed by atoms with van der Waals surface area (Å²) in [5.41, 5.74) is 0.146. The Hall–Kier alpha value is -3.07. The molecule has 0 atom stereocenters. The normalized spacial score (nSPS) is 14.9. The van der Waals surface area contributed by atoms with Gasteiger partial charge in [-0.05, 0) is 36.4 Å². The molecule has 1 amide bonds. The molecule has 0 aliphatic carbocycles. The smallest absolute Gasteiger partial charge is 0.310 e. The van der Waals surface area contributed by atoms with E-state index in [1.165, 1.54) is 11.3 Å². The van der Waals surface area contributed by atoms with E-state index in [1.54, 1.807) is 35.2 Å². The van der Waals surface area contributed by atoms with Crippen molar-refractivity contribution in [2.45, 2.75) is 19.6 Å². The molecule has 28 heavy (non-hydrogen) atoms. The van der Waals surface area contributed by atoms with Crippen LogP contribution in [0.1, 0.15) is 22.5 Å². The van der Waals surface area contributed by atoms with E-state index in [2.05, 4.69) is 10.3 Å². The molecule has 0 saturated carbocycles. The molecule has 1 saturated heterocycles.